The third-order valence-corrected chi connectivity index (χ3v) is 3.62. The minimum absolute atomic E-state index is 0.0562. The van der Waals surface area contributed by atoms with Crippen LogP contribution in [0.3, 0.4) is 0 Å². The molecule has 0 spiro atoms. The van der Waals surface area contributed by atoms with Crippen LogP contribution in [-0.2, 0) is 6.18 Å². The molecule has 1 aliphatic carbocycles. The van der Waals surface area contributed by atoms with E-state index in [1.807, 2.05) is 0 Å². The van der Waals surface area contributed by atoms with Crippen molar-refractivity contribution in [2.75, 3.05) is 24.2 Å². The van der Waals surface area contributed by atoms with E-state index in [9.17, 15) is 18.3 Å². The predicted octanol–water partition coefficient (Wildman–Crippen LogP) is 2.64. The maximum atomic E-state index is 12.7. The molecule has 3 N–H and O–H groups in total. The molecule has 0 saturated heterocycles. The van der Waals surface area contributed by atoms with Crippen LogP contribution in [0.25, 0.3) is 0 Å². The van der Waals surface area contributed by atoms with E-state index >= 15 is 0 Å². The Balaban J connectivity index is 2.12. The van der Waals surface area contributed by atoms with E-state index in [0.29, 0.717) is 12.8 Å². The van der Waals surface area contributed by atoms with Crippen molar-refractivity contribution in [2.24, 2.45) is 0 Å². The highest BCUT2D eigenvalue weighted by molar-refractivity contribution is 5.47. The highest BCUT2D eigenvalue weighted by atomic mass is 19.4. The fourth-order valence-electron chi connectivity index (χ4n) is 2.43. The van der Waals surface area contributed by atoms with Gasteiger partial charge in [-0.15, -0.1) is 0 Å². The monoisotopic (exact) mass is 304 g/mol. The van der Waals surface area contributed by atoms with Crippen LogP contribution in [0.4, 0.5) is 24.8 Å². The molecule has 5 nitrogen and oxygen atoms in total. The highest BCUT2D eigenvalue weighted by Crippen LogP contribution is 2.30. The molecule has 0 bridgehead atoms. The molecule has 1 heterocycles. The van der Waals surface area contributed by atoms with Gasteiger partial charge in [0, 0.05) is 19.7 Å². The zero-order valence-electron chi connectivity index (χ0n) is 11.8. The Morgan fingerprint density at radius 3 is 2.38 bits per heavy atom. The van der Waals surface area contributed by atoms with Crippen molar-refractivity contribution in [3.05, 3.63) is 11.9 Å². The summed E-state index contributed by atoms with van der Waals surface area (Å²) in [5, 5.41) is 15.7. The van der Waals surface area contributed by atoms with Gasteiger partial charge in [0.25, 0.3) is 0 Å². The summed E-state index contributed by atoms with van der Waals surface area (Å²) in [7, 11) is 1.49. The fourth-order valence-corrected chi connectivity index (χ4v) is 2.43. The molecular formula is C13H19F3N4O. The van der Waals surface area contributed by atoms with Gasteiger partial charge in [0.05, 0.1) is 5.60 Å². The standard InChI is InChI=1S/C13H19F3N4O/c1-17-9-7-10(20-11(19-9)13(14,15)16)18-8-12(21)5-3-2-4-6-12/h7,21H,2-6,8H2,1H3,(H2,17,18,19,20). The number of rotatable bonds is 4. The molecule has 2 rings (SSSR count). The normalized spacial score (nSPS) is 18.3. The first-order valence-corrected chi connectivity index (χ1v) is 6.93. The van der Waals surface area contributed by atoms with Crippen molar-refractivity contribution in [3.8, 4) is 0 Å². The summed E-state index contributed by atoms with van der Waals surface area (Å²) in [6.45, 7) is 0.185. The second-order valence-corrected chi connectivity index (χ2v) is 5.35. The first kappa shape index (κ1) is 15.8. The van der Waals surface area contributed by atoms with Gasteiger partial charge < -0.3 is 15.7 Å². The van der Waals surface area contributed by atoms with Crippen molar-refractivity contribution < 1.29 is 18.3 Å². The van der Waals surface area contributed by atoms with Gasteiger partial charge in [-0.05, 0) is 12.8 Å². The van der Waals surface area contributed by atoms with Crippen LogP contribution in [0.2, 0.25) is 0 Å². The average molecular weight is 304 g/mol. The number of nitrogens with zero attached hydrogens (tertiary/aromatic N) is 2. The van der Waals surface area contributed by atoms with Gasteiger partial charge in [0.15, 0.2) is 0 Å². The summed E-state index contributed by atoms with van der Waals surface area (Å²) in [5.74, 6) is -1.07. The Labute approximate surface area is 121 Å². The molecule has 1 saturated carbocycles. The van der Waals surface area contributed by atoms with Crippen LogP contribution < -0.4 is 10.6 Å². The highest BCUT2D eigenvalue weighted by Gasteiger charge is 2.36. The molecule has 0 aromatic carbocycles. The number of hydrogen-bond donors (Lipinski definition) is 3. The van der Waals surface area contributed by atoms with E-state index in [-0.39, 0.29) is 18.2 Å². The molecular weight excluding hydrogens is 285 g/mol. The predicted molar refractivity (Wildman–Crippen MR) is 73.1 cm³/mol. The minimum atomic E-state index is -4.61. The number of hydrogen-bond acceptors (Lipinski definition) is 5. The molecule has 21 heavy (non-hydrogen) atoms. The van der Waals surface area contributed by atoms with E-state index in [2.05, 4.69) is 20.6 Å². The quantitative estimate of drug-likeness (QED) is 0.798. The van der Waals surface area contributed by atoms with E-state index in [0.717, 1.165) is 19.3 Å². The Kier molecular flexibility index (Phi) is 4.55. The molecule has 1 aromatic rings. The number of anilines is 2. The zero-order chi connectivity index (χ0) is 15.5. The second kappa shape index (κ2) is 6.05. The molecule has 118 valence electrons. The van der Waals surface area contributed by atoms with Crippen molar-refractivity contribution in [3.63, 3.8) is 0 Å². The van der Waals surface area contributed by atoms with Crippen LogP contribution >= 0.6 is 0 Å². The number of aromatic nitrogens is 2. The lowest BCUT2D eigenvalue weighted by molar-refractivity contribution is -0.144. The van der Waals surface area contributed by atoms with Gasteiger partial charge in [0.1, 0.15) is 11.6 Å². The molecule has 0 radical (unpaired) electrons. The largest absolute Gasteiger partial charge is 0.451 e. The number of nitrogens with one attached hydrogen (secondary N) is 2. The summed E-state index contributed by atoms with van der Waals surface area (Å²) in [4.78, 5) is 6.86. The Hall–Kier alpha value is -1.57. The van der Waals surface area contributed by atoms with Crippen molar-refractivity contribution in [1.82, 2.24) is 9.97 Å². The van der Waals surface area contributed by atoms with Crippen LogP contribution in [0.15, 0.2) is 6.07 Å². The minimum Gasteiger partial charge on any atom is -0.388 e. The Bertz CT molecular complexity index is 487. The SMILES string of the molecule is CNc1cc(NCC2(O)CCCCC2)nc(C(F)(F)F)n1. The van der Waals surface area contributed by atoms with Crippen molar-refractivity contribution in [1.29, 1.82) is 0 Å². The van der Waals surface area contributed by atoms with Crippen molar-refractivity contribution >= 4 is 11.6 Å². The summed E-state index contributed by atoms with van der Waals surface area (Å²) in [6.07, 6.45) is -0.371. The fraction of sp³-hybridized carbons (Fsp3) is 0.692. The third-order valence-electron chi connectivity index (χ3n) is 3.62. The van der Waals surface area contributed by atoms with E-state index < -0.39 is 17.6 Å². The second-order valence-electron chi connectivity index (χ2n) is 5.35. The number of alkyl halides is 3. The number of halogens is 3. The molecule has 1 aliphatic rings. The number of aliphatic hydroxyl groups is 1. The van der Waals surface area contributed by atoms with E-state index in [4.69, 9.17) is 0 Å². The van der Waals surface area contributed by atoms with Gasteiger partial charge in [-0.2, -0.15) is 13.2 Å². The molecule has 8 heteroatoms. The smallest absolute Gasteiger partial charge is 0.388 e. The van der Waals surface area contributed by atoms with Gasteiger partial charge >= 0.3 is 6.18 Å². The lowest BCUT2D eigenvalue weighted by Crippen LogP contribution is -2.39. The summed E-state index contributed by atoms with van der Waals surface area (Å²) >= 11 is 0. The lowest BCUT2D eigenvalue weighted by atomic mass is 9.85. The molecule has 0 unspecified atom stereocenters. The van der Waals surface area contributed by atoms with Gasteiger partial charge in [-0.3, -0.25) is 0 Å². The molecule has 0 aliphatic heterocycles. The van der Waals surface area contributed by atoms with Gasteiger partial charge in [-0.1, -0.05) is 19.3 Å². The molecule has 0 atom stereocenters. The zero-order valence-corrected chi connectivity index (χ0v) is 11.8. The first-order chi connectivity index (χ1) is 9.82. The van der Waals surface area contributed by atoms with Gasteiger partial charge in [-0.25, -0.2) is 9.97 Å². The average Bonchev–Trinajstić information content (AvgIpc) is 2.45. The Morgan fingerprint density at radius 1 is 1.19 bits per heavy atom. The maximum absolute atomic E-state index is 12.7. The topological polar surface area (TPSA) is 70.1 Å². The summed E-state index contributed by atoms with van der Waals surface area (Å²) < 4.78 is 38.2. The van der Waals surface area contributed by atoms with Crippen LogP contribution in [0, 0.1) is 0 Å². The summed E-state index contributed by atoms with van der Waals surface area (Å²) in [5.41, 5.74) is -0.874. The Morgan fingerprint density at radius 2 is 1.81 bits per heavy atom. The van der Waals surface area contributed by atoms with Crippen LogP contribution in [0.5, 0.6) is 0 Å². The van der Waals surface area contributed by atoms with E-state index in [1.54, 1.807) is 0 Å². The molecule has 1 aromatic heterocycles. The van der Waals surface area contributed by atoms with Gasteiger partial charge in [0.2, 0.25) is 5.82 Å². The van der Waals surface area contributed by atoms with E-state index in [1.165, 1.54) is 13.1 Å². The molecule has 1 fully saturated rings. The third kappa shape index (κ3) is 4.20. The lowest BCUT2D eigenvalue weighted by Gasteiger charge is -2.32. The summed E-state index contributed by atoms with van der Waals surface area (Å²) in [6, 6.07) is 1.39. The van der Waals surface area contributed by atoms with Crippen molar-refractivity contribution in [2.45, 2.75) is 43.9 Å². The molecule has 0 amide bonds. The first-order valence-electron chi connectivity index (χ1n) is 6.93. The van der Waals surface area contributed by atoms with Crippen LogP contribution in [0.1, 0.15) is 37.9 Å². The maximum Gasteiger partial charge on any atom is 0.451 e. The van der Waals surface area contributed by atoms with Crippen LogP contribution in [-0.4, -0.2) is 34.3 Å².